The second kappa shape index (κ2) is 5.58. The highest BCUT2D eigenvalue weighted by atomic mass is 31.2. The molecule has 0 atom stereocenters. The van der Waals surface area contributed by atoms with Crippen LogP contribution in [0.4, 0.5) is 0 Å². The van der Waals surface area contributed by atoms with Crippen molar-refractivity contribution in [1.82, 2.24) is 0 Å². The quantitative estimate of drug-likeness (QED) is 0.517. The number of hydrogen-bond acceptors (Lipinski definition) is 3. The van der Waals surface area contributed by atoms with Crippen LogP contribution in [-0.4, -0.2) is 19.8 Å². The lowest BCUT2D eigenvalue weighted by Gasteiger charge is -2.44. The summed E-state index contributed by atoms with van der Waals surface area (Å²) in [4.78, 5) is 0. The Morgan fingerprint density at radius 3 is 2.13 bits per heavy atom. The van der Waals surface area contributed by atoms with E-state index < -0.39 is 8.60 Å². The van der Waals surface area contributed by atoms with Crippen LogP contribution in [0.15, 0.2) is 0 Å². The number of fused-ring (bicyclic) bond motifs is 3. The molecule has 0 saturated carbocycles. The van der Waals surface area contributed by atoms with Crippen LogP contribution in [0.1, 0.15) is 45.4 Å². The second-order valence-electron chi connectivity index (χ2n) is 4.71. The maximum Gasteiger partial charge on any atom is 0.332 e. The van der Waals surface area contributed by atoms with Crippen molar-refractivity contribution in [3.63, 3.8) is 0 Å². The maximum absolute atomic E-state index is 5.48. The molecule has 0 aromatic carbocycles. The van der Waals surface area contributed by atoms with Gasteiger partial charge in [-0.15, -0.1) is 0 Å². The number of unbranched alkanes of at least 4 members (excludes halogenated alkanes) is 4. The van der Waals surface area contributed by atoms with Crippen molar-refractivity contribution in [2.75, 3.05) is 19.8 Å². The van der Waals surface area contributed by atoms with Crippen LogP contribution >= 0.6 is 8.60 Å². The molecule has 0 amide bonds. The zero-order chi connectivity index (χ0) is 10.6. The molecule has 15 heavy (non-hydrogen) atoms. The molecule has 3 fully saturated rings. The summed E-state index contributed by atoms with van der Waals surface area (Å²) in [5, 5.41) is 0. The molecule has 0 aliphatic carbocycles. The Bertz CT molecular complexity index is 176. The molecule has 0 unspecified atom stereocenters. The van der Waals surface area contributed by atoms with E-state index in [4.69, 9.17) is 13.6 Å². The van der Waals surface area contributed by atoms with Crippen LogP contribution in [0.5, 0.6) is 0 Å². The standard InChI is InChI=1S/C11H21O3P/c1-2-3-4-5-6-7-11-8-12-15(13-9-11)14-10-11/h2-10H2,1H3. The van der Waals surface area contributed by atoms with E-state index in [0.29, 0.717) is 0 Å². The molecule has 0 spiro atoms. The lowest BCUT2D eigenvalue weighted by molar-refractivity contribution is -0.0778. The van der Waals surface area contributed by atoms with Gasteiger partial charge in [-0.1, -0.05) is 39.0 Å². The summed E-state index contributed by atoms with van der Waals surface area (Å²) in [7, 11) is -0.960. The summed E-state index contributed by atoms with van der Waals surface area (Å²) in [6.45, 7) is 4.81. The molecule has 3 heterocycles. The van der Waals surface area contributed by atoms with E-state index in [1.165, 1.54) is 38.5 Å². The van der Waals surface area contributed by atoms with Crippen molar-refractivity contribution in [2.45, 2.75) is 45.4 Å². The van der Waals surface area contributed by atoms with E-state index in [1.54, 1.807) is 0 Å². The molecular weight excluding hydrogens is 211 g/mol. The maximum atomic E-state index is 5.48. The van der Waals surface area contributed by atoms with Crippen LogP contribution in [0.2, 0.25) is 0 Å². The van der Waals surface area contributed by atoms with Crippen LogP contribution in [0, 0.1) is 5.41 Å². The van der Waals surface area contributed by atoms with Crippen molar-refractivity contribution in [3.05, 3.63) is 0 Å². The highest BCUT2D eigenvalue weighted by Crippen LogP contribution is 2.54. The van der Waals surface area contributed by atoms with Gasteiger partial charge in [0.1, 0.15) is 0 Å². The van der Waals surface area contributed by atoms with Crippen LogP contribution in [-0.2, 0) is 13.6 Å². The highest BCUT2D eigenvalue weighted by Gasteiger charge is 2.43. The number of hydrogen-bond donors (Lipinski definition) is 0. The van der Waals surface area contributed by atoms with Gasteiger partial charge in [0, 0.05) is 5.41 Å². The minimum absolute atomic E-state index is 0.184. The summed E-state index contributed by atoms with van der Waals surface area (Å²) >= 11 is 0. The van der Waals surface area contributed by atoms with E-state index in [2.05, 4.69) is 6.92 Å². The SMILES string of the molecule is CCCCCCCC12COP(OC1)OC2. The van der Waals surface area contributed by atoms with Crippen molar-refractivity contribution >= 4 is 8.60 Å². The monoisotopic (exact) mass is 232 g/mol. The Morgan fingerprint density at radius 2 is 1.53 bits per heavy atom. The van der Waals surface area contributed by atoms with Gasteiger partial charge < -0.3 is 13.6 Å². The molecule has 3 rings (SSSR count). The van der Waals surface area contributed by atoms with Gasteiger partial charge in [0.2, 0.25) is 0 Å². The Hall–Kier alpha value is 0.310. The average molecular weight is 232 g/mol. The van der Waals surface area contributed by atoms with Crippen LogP contribution in [0.3, 0.4) is 0 Å². The molecular formula is C11H21O3P. The topological polar surface area (TPSA) is 27.7 Å². The zero-order valence-corrected chi connectivity index (χ0v) is 10.4. The smallest absolute Gasteiger partial charge is 0.311 e. The Kier molecular flexibility index (Phi) is 4.39. The Labute approximate surface area is 93.5 Å². The minimum Gasteiger partial charge on any atom is -0.311 e. The predicted octanol–water partition coefficient (Wildman–Crippen LogP) is 3.64. The predicted molar refractivity (Wildman–Crippen MR) is 60.6 cm³/mol. The fourth-order valence-electron chi connectivity index (χ4n) is 2.13. The van der Waals surface area contributed by atoms with Crippen LogP contribution in [0.25, 0.3) is 0 Å². The van der Waals surface area contributed by atoms with Crippen molar-refractivity contribution < 1.29 is 13.6 Å². The third-order valence-corrected chi connectivity index (χ3v) is 4.26. The third kappa shape index (κ3) is 3.13. The van der Waals surface area contributed by atoms with Gasteiger partial charge >= 0.3 is 8.60 Å². The van der Waals surface area contributed by atoms with Gasteiger partial charge in [-0.3, -0.25) is 0 Å². The normalized spacial score (nSPS) is 34.6. The van der Waals surface area contributed by atoms with Crippen LogP contribution < -0.4 is 0 Å². The van der Waals surface area contributed by atoms with E-state index in [1.807, 2.05) is 0 Å². The van der Waals surface area contributed by atoms with Gasteiger partial charge in [-0.25, -0.2) is 0 Å². The van der Waals surface area contributed by atoms with E-state index in [0.717, 1.165) is 19.8 Å². The molecule has 0 radical (unpaired) electrons. The first kappa shape index (κ1) is 11.8. The van der Waals surface area contributed by atoms with Gasteiger partial charge in [0.05, 0.1) is 19.8 Å². The van der Waals surface area contributed by atoms with Gasteiger partial charge in [-0.2, -0.15) is 0 Å². The van der Waals surface area contributed by atoms with E-state index in [9.17, 15) is 0 Å². The molecule has 4 heteroatoms. The molecule has 0 aromatic rings. The number of rotatable bonds is 6. The fraction of sp³-hybridized carbons (Fsp3) is 1.00. The molecule has 3 aliphatic heterocycles. The third-order valence-electron chi connectivity index (χ3n) is 3.24. The van der Waals surface area contributed by atoms with Gasteiger partial charge in [-0.05, 0) is 6.42 Å². The van der Waals surface area contributed by atoms with Crippen molar-refractivity contribution in [3.8, 4) is 0 Å². The summed E-state index contributed by atoms with van der Waals surface area (Å²) in [6, 6.07) is 0. The molecule has 3 aliphatic rings. The molecule has 88 valence electrons. The van der Waals surface area contributed by atoms with Crippen molar-refractivity contribution in [2.24, 2.45) is 5.41 Å². The lowest BCUT2D eigenvalue weighted by atomic mass is 9.85. The first-order valence-corrected chi connectivity index (χ1v) is 7.13. The minimum atomic E-state index is -0.960. The molecule has 2 bridgehead atoms. The summed E-state index contributed by atoms with van der Waals surface area (Å²) < 4.78 is 16.4. The first-order chi connectivity index (χ1) is 7.35. The van der Waals surface area contributed by atoms with E-state index in [-0.39, 0.29) is 5.41 Å². The Morgan fingerprint density at radius 1 is 0.933 bits per heavy atom. The first-order valence-electron chi connectivity index (χ1n) is 6.04. The summed E-state index contributed by atoms with van der Waals surface area (Å²) in [6.07, 6.45) is 7.85. The summed E-state index contributed by atoms with van der Waals surface area (Å²) in [5.74, 6) is 0. The fourth-order valence-corrected chi connectivity index (χ4v) is 3.49. The summed E-state index contributed by atoms with van der Waals surface area (Å²) in [5.41, 5.74) is 0.184. The second-order valence-corrected chi connectivity index (χ2v) is 5.93. The van der Waals surface area contributed by atoms with Gasteiger partial charge in [0.15, 0.2) is 0 Å². The highest BCUT2D eigenvalue weighted by molar-refractivity contribution is 7.41. The molecule has 0 N–H and O–H groups in total. The molecule has 3 nitrogen and oxygen atoms in total. The van der Waals surface area contributed by atoms with E-state index >= 15 is 0 Å². The average Bonchev–Trinajstić information content (AvgIpc) is 2.31. The molecule has 3 saturated heterocycles. The largest absolute Gasteiger partial charge is 0.332 e. The lowest BCUT2D eigenvalue weighted by Crippen LogP contribution is -2.43. The molecule has 0 aromatic heterocycles. The Balaban J connectivity index is 1.64. The van der Waals surface area contributed by atoms with Crippen molar-refractivity contribution in [1.29, 1.82) is 0 Å². The zero-order valence-electron chi connectivity index (χ0n) is 9.54. The van der Waals surface area contributed by atoms with Gasteiger partial charge in [0.25, 0.3) is 0 Å².